The second-order valence-corrected chi connectivity index (χ2v) is 7.78. The summed E-state index contributed by atoms with van der Waals surface area (Å²) in [5.74, 6) is 1.84. The van der Waals surface area contributed by atoms with E-state index >= 15 is 0 Å². The van der Waals surface area contributed by atoms with Gasteiger partial charge in [-0.2, -0.15) is 5.26 Å². The average molecular weight is 344 g/mol. The van der Waals surface area contributed by atoms with Gasteiger partial charge in [-0.25, -0.2) is 0 Å². The van der Waals surface area contributed by atoms with E-state index in [1.54, 1.807) is 21.3 Å². The minimum Gasteiger partial charge on any atom is -0.493 e. The van der Waals surface area contributed by atoms with Crippen molar-refractivity contribution in [2.45, 2.75) is 24.0 Å². The Balaban J connectivity index is 2.14. The molecule has 24 heavy (non-hydrogen) atoms. The molecule has 5 nitrogen and oxygen atoms in total. The van der Waals surface area contributed by atoms with Gasteiger partial charge < -0.3 is 18.8 Å². The molecule has 1 unspecified atom stereocenters. The molecule has 0 fully saturated rings. The lowest BCUT2D eigenvalue weighted by Gasteiger charge is -2.20. The molecule has 3 rings (SSSR count). The molecule has 0 radical (unpaired) electrons. The van der Waals surface area contributed by atoms with E-state index in [1.807, 2.05) is 36.2 Å². The van der Waals surface area contributed by atoms with Crippen LogP contribution < -0.4 is 14.2 Å². The Morgan fingerprint density at radius 3 is 2.21 bits per heavy atom. The quantitative estimate of drug-likeness (QED) is 0.841. The lowest BCUT2D eigenvalue weighted by atomic mass is 10.1. The number of hydrogen-bond donors (Lipinski definition) is 0. The maximum absolute atomic E-state index is 9.23. The Bertz CT molecular complexity index is 795. The van der Waals surface area contributed by atoms with Gasteiger partial charge in [0, 0.05) is 11.9 Å². The van der Waals surface area contributed by atoms with Crippen molar-refractivity contribution >= 4 is 11.8 Å². The first kappa shape index (κ1) is 16.6. The number of rotatable bonds is 4. The summed E-state index contributed by atoms with van der Waals surface area (Å²) in [6.45, 7) is 4.34. The molecule has 1 aliphatic heterocycles. The first-order valence-electron chi connectivity index (χ1n) is 7.55. The monoisotopic (exact) mass is 344 g/mol. The number of benzene rings is 1. The predicted molar refractivity (Wildman–Crippen MR) is 94.0 cm³/mol. The zero-order valence-electron chi connectivity index (χ0n) is 14.4. The Morgan fingerprint density at radius 1 is 1.08 bits per heavy atom. The number of methoxy groups -OCH3 is 3. The highest BCUT2D eigenvalue weighted by Gasteiger charge is 2.39. The van der Waals surface area contributed by atoms with Gasteiger partial charge in [-0.15, -0.1) is 11.8 Å². The molecule has 0 saturated carbocycles. The molecule has 0 bridgehead atoms. The number of nitrogens with zero attached hydrogens (tertiary/aromatic N) is 2. The van der Waals surface area contributed by atoms with Crippen LogP contribution in [-0.2, 0) is 4.75 Å². The van der Waals surface area contributed by atoms with E-state index in [0.29, 0.717) is 22.8 Å². The summed E-state index contributed by atoms with van der Waals surface area (Å²) in [5, 5.41) is 9.28. The van der Waals surface area contributed by atoms with Gasteiger partial charge in [0.2, 0.25) is 5.75 Å². The lowest BCUT2D eigenvalue weighted by molar-refractivity contribution is 0.323. The second kappa shape index (κ2) is 5.99. The Morgan fingerprint density at radius 2 is 1.71 bits per heavy atom. The van der Waals surface area contributed by atoms with Gasteiger partial charge in [0.15, 0.2) is 11.5 Å². The summed E-state index contributed by atoms with van der Waals surface area (Å²) in [6.07, 6.45) is 1.91. The molecule has 1 aromatic carbocycles. The minimum absolute atomic E-state index is 0.0470. The summed E-state index contributed by atoms with van der Waals surface area (Å²) in [7, 11) is 4.82. The molecule has 1 atom stereocenters. The summed E-state index contributed by atoms with van der Waals surface area (Å²) in [4.78, 5) is 0. The SMILES string of the molecule is COc1cc(C2SC(C)(C)c3cc(C#N)cn32)cc(OC)c1OC. The highest BCUT2D eigenvalue weighted by molar-refractivity contribution is 8.00. The maximum atomic E-state index is 9.23. The lowest BCUT2D eigenvalue weighted by Crippen LogP contribution is -2.07. The fraction of sp³-hybridized carbons (Fsp3) is 0.389. The number of aromatic nitrogens is 1. The van der Waals surface area contributed by atoms with Gasteiger partial charge in [-0.3, -0.25) is 0 Å². The number of thioether (sulfide) groups is 1. The summed E-state index contributed by atoms with van der Waals surface area (Å²) < 4.78 is 18.4. The third kappa shape index (κ3) is 2.49. The molecular formula is C18H20N2O3S. The average Bonchev–Trinajstić information content (AvgIpc) is 3.12. The van der Waals surface area contributed by atoms with Crippen LogP contribution in [0.2, 0.25) is 0 Å². The van der Waals surface area contributed by atoms with Crippen LogP contribution in [0, 0.1) is 11.3 Å². The first-order chi connectivity index (χ1) is 11.4. The van der Waals surface area contributed by atoms with Crippen molar-refractivity contribution in [2.24, 2.45) is 0 Å². The fourth-order valence-corrected chi connectivity index (χ4v) is 4.49. The third-order valence-corrected chi connectivity index (χ3v) is 5.75. The van der Waals surface area contributed by atoms with Gasteiger partial charge in [-0.1, -0.05) is 0 Å². The van der Waals surface area contributed by atoms with E-state index in [9.17, 15) is 5.26 Å². The number of nitriles is 1. The number of ether oxygens (including phenoxy) is 3. The first-order valence-corrected chi connectivity index (χ1v) is 8.43. The molecule has 1 aromatic heterocycles. The van der Waals surface area contributed by atoms with Crippen molar-refractivity contribution in [3.63, 3.8) is 0 Å². The summed E-state index contributed by atoms with van der Waals surface area (Å²) in [6, 6.07) is 8.13. The van der Waals surface area contributed by atoms with E-state index in [1.165, 1.54) is 0 Å². The van der Waals surface area contributed by atoms with Crippen LogP contribution in [0.15, 0.2) is 24.4 Å². The van der Waals surface area contributed by atoms with E-state index in [4.69, 9.17) is 14.2 Å². The van der Waals surface area contributed by atoms with E-state index in [2.05, 4.69) is 24.5 Å². The molecule has 2 aromatic rings. The normalized spacial score (nSPS) is 17.9. The molecule has 0 aliphatic carbocycles. The van der Waals surface area contributed by atoms with Gasteiger partial charge >= 0.3 is 0 Å². The minimum atomic E-state index is -0.0832. The zero-order chi connectivity index (χ0) is 17.5. The largest absolute Gasteiger partial charge is 0.493 e. The standard InChI is InChI=1S/C18H20N2O3S/c1-18(2)15-6-11(9-19)10-20(15)17(24-18)12-7-13(21-3)16(23-5)14(8-12)22-4/h6-8,10,17H,1-5H3. The van der Waals surface area contributed by atoms with Gasteiger partial charge in [0.25, 0.3) is 0 Å². The van der Waals surface area contributed by atoms with Gasteiger partial charge in [-0.05, 0) is 37.6 Å². The molecule has 0 amide bonds. The highest BCUT2D eigenvalue weighted by atomic mass is 32.2. The predicted octanol–water partition coefficient (Wildman–Crippen LogP) is 3.91. The van der Waals surface area contributed by atoms with Crippen LogP contribution in [0.25, 0.3) is 0 Å². The Hall–Kier alpha value is -2.26. The molecule has 0 spiro atoms. The van der Waals surface area contributed by atoms with Crippen LogP contribution >= 0.6 is 11.8 Å². The van der Waals surface area contributed by atoms with Crippen LogP contribution in [0.3, 0.4) is 0 Å². The van der Waals surface area contributed by atoms with E-state index < -0.39 is 0 Å². The fourth-order valence-electron chi connectivity index (χ4n) is 3.09. The van der Waals surface area contributed by atoms with Crippen molar-refractivity contribution in [1.29, 1.82) is 5.26 Å². The highest BCUT2D eigenvalue weighted by Crippen LogP contribution is 2.55. The van der Waals surface area contributed by atoms with Crippen LogP contribution in [-0.4, -0.2) is 25.9 Å². The van der Waals surface area contributed by atoms with E-state index in [-0.39, 0.29) is 10.1 Å². The summed E-state index contributed by atoms with van der Waals surface area (Å²) in [5.41, 5.74) is 2.86. The summed E-state index contributed by atoms with van der Waals surface area (Å²) >= 11 is 1.83. The van der Waals surface area contributed by atoms with Crippen molar-refractivity contribution in [3.05, 3.63) is 41.2 Å². The molecular weight excluding hydrogens is 324 g/mol. The Kier molecular flexibility index (Phi) is 4.14. The Labute approximate surface area is 146 Å². The van der Waals surface area contributed by atoms with Gasteiger partial charge in [0.1, 0.15) is 11.4 Å². The van der Waals surface area contributed by atoms with Crippen LogP contribution in [0.1, 0.15) is 36.0 Å². The van der Waals surface area contributed by atoms with Gasteiger partial charge in [0.05, 0.1) is 31.6 Å². The van der Waals surface area contributed by atoms with Crippen molar-refractivity contribution in [3.8, 4) is 23.3 Å². The second-order valence-electron chi connectivity index (χ2n) is 6.07. The van der Waals surface area contributed by atoms with Crippen LogP contribution in [0.4, 0.5) is 0 Å². The topological polar surface area (TPSA) is 56.4 Å². The van der Waals surface area contributed by atoms with Crippen molar-refractivity contribution in [2.75, 3.05) is 21.3 Å². The van der Waals surface area contributed by atoms with Crippen LogP contribution in [0.5, 0.6) is 17.2 Å². The number of fused-ring (bicyclic) bond motifs is 1. The molecule has 0 N–H and O–H groups in total. The van der Waals surface area contributed by atoms with Crippen molar-refractivity contribution in [1.82, 2.24) is 4.57 Å². The molecule has 0 saturated heterocycles. The zero-order valence-corrected chi connectivity index (χ0v) is 15.2. The molecule has 1 aliphatic rings. The number of hydrogen-bond acceptors (Lipinski definition) is 5. The van der Waals surface area contributed by atoms with E-state index in [0.717, 1.165) is 11.3 Å². The maximum Gasteiger partial charge on any atom is 0.203 e. The molecule has 6 heteroatoms. The van der Waals surface area contributed by atoms with Crippen molar-refractivity contribution < 1.29 is 14.2 Å². The molecule has 2 heterocycles. The third-order valence-electron chi connectivity index (χ3n) is 4.23. The smallest absolute Gasteiger partial charge is 0.203 e. The molecule has 126 valence electrons.